The van der Waals surface area contributed by atoms with E-state index in [-0.39, 0.29) is 11.8 Å². The lowest BCUT2D eigenvalue weighted by atomic mass is 9.94. The van der Waals surface area contributed by atoms with E-state index in [1.807, 2.05) is 23.2 Å². The van der Waals surface area contributed by atoms with Gasteiger partial charge in [0, 0.05) is 48.9 Å². The largest absolute Gasteiger partial charge is 0.542 e. The molecule has 1 aromatic heterocycles. The van der Waals surface area contributed by atoms with Crippen molar-refractivity contribution in [1.82, 2.24) is 9.21 Å². The van der Waals surface area contributed by atoms with E-state index in [9.17, 15) is 26.4 Å². The van der Waals surface area contributed by atoms with Crippen molar-refractivity contribution in [3.8, 4) is 0 Å². The average molecular weight is 574 g/mol. The maximum Gasteiger partial charge on any atom is 0.430 e. The number of hydrogen-bond acceptors (Lipinski definition) is 5. The van der Waals surface area contributed by atoms with E-state index in [2.05, 4.69) is 18.8 Å². The van der Waals surface area contributed by atoms with Crippen LogP contribution in [0.4, 0.5) is 13.2 Å². The van der Waals surface area contributed by atoms with Crippen molar-refractivity contribution in [1.29, 1.82) is 0 Å². The summed E-state index contributed by atoms with van der Waals surface area (Å²) in [5.41, 5.74) is 0. The molecule has 0 saturated carbocycles. The molecule has 1 aliphatic heterocycles. The van der Waals surface area contributed by atoms with Gasteiger partial charge in [-0.3, -0.25) is 4.79 Å². The van der Waals surface area contributed by atoms with E-state index < -0.39 is 22.2 Å². The van der Waals surface area contributed by atoms with Crippen LogP contribution in [0.25, 0.3) is 10.8 Å². The van der Waals surface area contributed by atoms with Crippen LogP contribution in [0.5, 0.6) is 0 Å². The number of carbonyl (C=O) groups excluding carboxylic acids is 2. The lowest BCUT2D eigenvalue weighted by molar-refractivity contribution is -0.375. The number of carbonyl (C=O) groups is 2. The van der Waals surface area contributed by atoms with Crippen LogP contribution in [0.1, 0.15) is 65.2 Å². The maximum absolute atomic E-state index is 13.5. The number of aliphatic carboxylic acids is 1. The Balaban J connectivity index is 0.000000673. The first-order valence-electron chi connectivity index (χ1n) is 13.4. The predicted molar refractivity (Wildman–Crippen MR) is 139 cm³/mol. The number of pyridine rings is 1. The third kappa shape index (κ3) is 9.45. The number of aromatic nitrogens is 1. The Labute approximate surface area is 228 Å². The molecule has 1 aliphatic rings. The second-order valence-electron chi connectivity index (χ2n) is 9.61. The molecule has 12 heteroatoms. The lowest BCUT2D eigenvalue weighted by Gasteiger charge is -2.26. The molecule has 0 radical (unpaired) electrons. The predicted octanol–water partition coefficient (Wildman–Crippen LogP) is 3.56. The number of aromatic amines is 1. The van der Waals surface area contributed by atoms with Gasteiger partial charge in [0.15, 0.2) is 12.4 Å². The smallest absolute Gasteiger partial charge is 0.430 e. The number of nitrogens with one attached hydrogen (secondary N) is 1. The standard InChI is InChI=1S/C25H37N3O3S.C2HF3O2/c1-3-5-6-7-11-21(10-4-2)25(29)27-16-9-17-28(19-18-27)32(30,31)24-13-8-12-22-20-26-15-14-23(22)24;3-2(4,5)1(6)7/h8,12-15,20-21H,3-7,9-11,16-19H2,1-2H3;(H,6,7)/t21-;/m1./s1. The van der Waals surface area contributed by atoms with Crippen molar-refractivity contribution in [2.75, 3.05) is 26.2 Å². The van der Waals surface area contributed by atoms with Crippen LogP contribution in [-0.4, -0.2) is 61.9 Å². The summed E-state index contributed by atoms with van der Waals surface area (Å²) < 4.78 is 60.1. The summed E-state index contributed by atoms with van der Waals surface area (Å²) in [5.74, 6) is -2.73. The average Bonchev–Trinajstić information content (AvgIpc) is 3.16. The van der Waals surface area contributed by atoms with E-state index in [1.54, 1.807) is 22.6 Å². The van der Waals surface area contributed by atoms with Gasteiger partial charge < -0.3 is 14.8 Å². The Morgan fingerprint density at radius 3 is 2.36 bits per heavy atom. The fourth-order valence-corrected chi connectivity index (χ4v) is 6.35. The van der Waals surface area contributed by atoms with Crippen LogP contribution in [-0.2, 0) is 19.6 Å². The molecular weight excluding hydrogens is 535 g/mol. The summed E-state index contributed by atoms with van der Waals surface area (Å²) in [5, 5.41) is 10.4. The number of carboxylic acids is 1. The Kier molecular flexibility index (Phi) is 12.6. The molecule has 3 rings (SSSR count). The van der Waals surface area contributed by atoms with Crippen molar-refractivity contribution in [3.05, 3.63) is 36.7 Å². The minimum absolute atomic E-state index is 0.0642. The highest BCUT2D eigenvalue weighted by Crippen LogP contribution is 2.26. The van der Waals surface area contributed by atoms with Gasteiger partial charge >= 0.3 is 6.18 Å². The zero-order chi connectivity index (χ0) is 29.1. The van der Waals surface area contributed by atoms with E-state index in [0.717, 1.165) is 36.5 Å². The zero-order valence-electron chi connectivity index (χ0n) is 22.5. The Morgan fingerprint density at radius 2 is 1.72 bits per heavy atom. The van der Waals surface area contributed by atoms with Gasteiger partial charge in [-0.05, 0) is 31.4 Å². The first-order valence-corrected chi connectivity index (χ1v) is 14.8. The van der Waals surface area contributed by atoms with Crippen molar-refractivity contribution < 1.29 is 41.3 Å². The number of benzene rings is 1. The van der Waals surface area contributed by atoms with E-state index in [1.165, 1.54) is 19.3 Å². The lowest BCUT2D eigenvalue weighted by Crippen LogP contribution is -2.40. The molecule has 0 unspecified atom stereocenters. The Morgan fingerprint density at radius 1 is 1.00 bits per heavy atom. The number of hydrogen-bond donors (Lipinski definition) is 0. The molecule has 1 N–H and O–H groups in total. The summed E-state index contributed by atoms with van der Waals surface area (Å²) in [4.78, 5) is 27.3. The Hall–Kier alpha value is -2.73. The quantitative estimate of drug-likeness (QED) is 0.404. The molecule has 1 aromatic carbocycles. The summed E-state index contributed by atoms with van der Waals surface area (Å²) >= 11 is 0. The molecule has 218 valence electrons. The molecule has 1 saturated heterocycles. The van der Waals surface area contributed by atoms with Crippen molar-refractivity contribution in [2.24, 2.45) is 5.92 Å². The normalized spacial score (nSPS) is 15.8. The number of halogens is 3. The number of fused-ring (bicyclic) bond motifs is 1. The highest BCUT2D eigenvalue weighted by atomic mass is 32.2. The summed E-state index contributed by atoms with van der Waals surface area (Å²) in [6, 6.07) is 7.18. The monoisotopic (exact) mass is 573 g/mol. The summed E-state index contributed by atoms with van der Waals surface area (Å²) in [6.45, 7) is 6.21. The van der Waals surface area contributed by atoms with E-state index in [0.29, 0.717) is 37.5 Å². The molecule has 0 spiro atoms. The van der Waals surface area contributed by atoms with Gasteiger partial charge in [0.1, 0.15) is 5.97 Å². The first-order chi connectivity index (χ1) is 18.4. The molecule has 0 aliphatic carbocycles. The van der Waals surface area contributed by atoms with Gasteiger partial charge in [-0.2, -0.15) is 17.5 Å². The highest BCUT2D eigenvalue weighted by molar-refractivity contribution is 7.89. The summed E-state index contributed by atoms with van der Waals surface area (Å²) in [7, 11) is -3.63. The third-order valence-electron chi connectivity index (χ3n) is 6.69. The van der Waals surface area contributed by atoms with Crippen LogP contribution in [0, 0.1) is 5.92 Å². The van der Waals surface area contributed by atoms with Crippen molar-refractivity contribution >= 4 is 32.7 Å². The molecule has 1 amide bonds. The number of carboxylic acid groups (broad SMARTS) is 1. The zero-order valence-corrected chi connectivity index (χ0v) is 23.3. The van der Waals surface area contributed by atoms with Crippen LogP contribution in [0.3, 0.4) is 0 Å². The number of sulfonamides is 1. The number of unbranched alkanes of at least 4 members (excludes halogenated alkanes) is 3. The third-order valence-corrected chi connectivity index (χ3v) is 8.65. The fraction of sp³-hybridized carbons (Fsp3) is 0.593. The number of nitrogens with zero attached hydrogens (tertiary/aromatic N) is 2. The fourth-order valence-electron chi connectivity index (χ4n) is 4.67. The number of amides is 1. The van der Waals surface area contributed by atoms with Gasteiger partial charge in [-0.1, -0.05) is 52.0 Å². The SMILES string of the molecule is CCCCCC[C@@H](CCC)C(=O)N1CCCN(S(=O)(=O)c2cccc3c[nH+]ccc23)CC1.O=C([O-])C(F)(F)F. The van der Waals surface area contributed by atoms with Crippen LogP contribution in [0.15, 0.2) is 41.6 Å². The topological polar surface area (TPSA) is 112 Å². The molecule has 39 heavy (non-hydrogen) atoms. The van der Waals surface area contributed by atoms with Gasteiger partial charge in [-0.15, -0.1) is 0 Å². The summed E-state index contributed by atoms with van der Waals surface area (Å²) in [6.07, 6.45) is 6.57. The maximum atomic E-state index is 13.5. The molecule has 2 aromatic rings. The number of rotatable bonds is 10. The molecule has 1 atom stereocenters. The van der Waals surface area contributed by atoms with Crippen molar-refractivity contribution in [2.45, 2.75) is 76.3 Å². The van der Waals surface area contributed by atoms with Gasteiger partial charge in [0.25, 0.3) is 0 Å². The van der Waals surface area contributed by atoms with Crippen LogP contribution >= 0.6 is 0 Å². The molecule has 2 heterocycles. The number of H-pyrrole nitrogens is 1. The van der Waals surface area contributed by atoms with E-state index in [4.69, 9.17) is 9.90 Å². The molecule has 1 fully saturated rings. The van der Waals surface area contributed by atoms with Gasteiger partial charge in [0.2, 0.25) is 15.9 Å². The van der Waals surface area contributed by atoms with Crippen LogP contribution in [0.2, 0.25) is 0 Å². The second kappa shape index (κ2) is 15.2. The minimum Gasteiger partial charge on any atom is -0.542 e. The first kappa shape index (κ1) is 32.5. The van der Waals surface area contributed by atoms with Crippen molar-refractivity contribution in [3.63, 3.8) is 0 Å². The van der Waals surface area contributed by atoms with Crippen LogP contribution < -0.4 is 10.1 Å². The minimum atomic E-state index is -5.19. The van der Waals surface area contributed by atoms with E-state index >= 15 is 0 Å². The number of alkyl halides is 3. The molecular formula is C27H38F3N3O5S. The van der Waals surface area contributed by atoms with Gasteiger partial charge in [-0.25, -0.2) is 13.4 Å². The molecule has 0 bridgehead atoms. The highest BCUT2D eigenvalue weighted by Gasteiger charge is 2.31. The van der Waals surface area contributed by atoms with Gasteiger partial charge in [0.05, 0.1) is 4.90 Å². The Bertz CT molecular complexity index is 1190. The molecule has 8 nitrogen and oxygen atoms in total. The second-order valence-corrected chi connectivity index (χ2v) is 11.5.